The highest BCUT2D eigenvalue weighted by Gasteiger charge is 2.25. The SMILES string of the molecule is CCCc1cc(-c2nc(C(C)(C)C)cs2)ccc1OCCCOc1ccc2c(c1)CC[C@H]2CC(=O)O. The highest BCUT2D eigenvalue weighted by atomic mass is 32.1. The van der Waals surface area contributed by atoms with Crippen LogP contribution in [0.2, 0.25) is 0 Å². The molecule has 0 saturated heterocycles. The van der Waals surface area contributed by atoms with Gasteiger partial charge >= 0.3 is 5.97 Å². The van der Waals surface area contributed by atoms with Crippen molar-refractivity contribution in [2.75, 3.05) is 13.2 Å². The molecule has 1 N–H and O–H groups in total. The third kappa shape index (κ3) is 6.47. The van der Waals surface area contributed by atoms with Crippen molar-refractivity contribution in [2.45, 2.75) is 77.6 Å². The third-order valence-corrected chi connectivity index (χ3v) is 7.54. The number of hydrogen-bond donors (Lipinski definition) is 1. The first-order chi connectivity index (χ1) is 17.2. The molecular weight excluding hydrogens is 470 g/mol. The summed E-state index contributed by atoms with van der Waals surface area (Å²) in [5.41, 5.74) is 5.92. The van der Waals surface area contributed by atoms with Gasteiger partial charge in [0.1, 0.15) is 16.5 Å². The number of aryl methyl sites for hydroxylation is 2. The van der Waals surface area contributed by atoms with Crippen LogP contribution in [0.25, 0.3) is 10.6 Å². The van der Waals surface area contributed by atoms with Crippen molar-refractivity contribution in [3.05, 3.63) is 64.2 Å². The number of aliphatic carboxylic acids is 1. The van der Waals surface area contributed by atoms with Gasteiger partial charge in [-0.05, 0) is 72.2 Å². The molecule has 192 valence electrons. The average Bonchev–Trinajstić information content (AvgIpc) is 3.47. The van der Waals surface area contributed by atoms with Crippen molar-refractivity contribution >= 4 is 17.3 Å². The van der Waals surface area contributed by atoms with Crippen molar-refractivity contribution in [3.63, 3.8) is 0 Å². The molecule has 1 heterocycles. The minimum atomic E-state index is -0.734. The van der Waals surface area contributed by atoms with E-state index in [2.05, 4.69) is 57.3 Å². The maximum atomic E-state index is 11.1. The van der Waals surface area contributed by atoms with E-state index in [1.807, 2.05) is 12.1 Å². The Kier molecular flexibility index (Phi) is 8.35. The minimum absolute atomic E-state index is 0.0503. The fourth-order valence-corrected chi connectivity index (χ4v) is 5.74. The van der Waals surface area contributed by atoms with Gasteiger partial charge in [-0.25, -0.2) is 4.98 Å². The van der Waals surface area contributed by atoms with Gasteiger partial charge in [0.15, 0.2) is 0 Å². The predicted molar refractivity (Wildman–Crippen MR) is 146 cm³/mol. The summed E-state index contributed by atoms with van der Waals surface area (Å²) < 4.78 is 12.1. The normalized spacial score (nSPS) is 15.1. The quantitative estimate of drug-likeness (QED) is 0.274. The van der Waals surface area contributed by atoms with Crippen LogP contribution in [0, 0.1) is 0 Å². The molecule has 0 aliphatic heterocycles. The summed E-state index contributed by atoms with van der Waals surface area (Å²) in [6.07, 6.45) is 4.83. The van der Waals surface area contributed by atoms with Crippen LogP contribution in [0.1, 0.15) is 81.7 Å². The minimum Gasteiger partial charge on any atom is -0.493 e. The summed E-state index contributed by atoms with van der Waals surface area (Å²) in [4.78, 5) is 15.9. The van der Waals surface area contributed by atoms with Crippen molar-refractivity contribution in [1.82, 2.24) is 4.98 Å². The van der Waals surface area contributed by atoms with Crippen molar-refractivity contribution in [1.29, 1.82) is 0 Å². The van der Waals surface area contributed by atoms with Crippen LogP contribution in [-0.2, 0) is 23.1 Å². The van der Waals surface area contributed by atoms with Gasteiger partial charge in [0.25, 0.3) is 0 Å². The molecule has 0 bridgehead atoms. The Balaban J connectivity index is 1.30. The second kappa shape index (κ2) is 11.5. The van der Waals surface area contributed by atoms with Crippen LogP contribution in [0.4, 0.5) is 0 Å². The van der Waals surface area contributed by atoms with E-state index in [4.69, 9.17) is 19.6 Å². The molecule has 1 aliphatic carbocycles. The molecule has 6 heteroatoms. The molecule has 0 spiro atoms. The van der Waals surface area contributed by atoms with Crippen LogP contribution in [0.3, 0.4) is 0 Å². The Morgan fingerprint density at radius 1 is 1.14 bits per heavy atom. The Morgan fingerprint density at radius 2 is 1.94 bits per heavy atom. The number of carboxylic acids is 1. The van der Waals surface area contributed by atoms with Crippen LogP contribution in [0.5, 0.6) is 11.5 Å². The number of carbonyl (C=O) groups is 1. The third-order valence-electron chi connectivity index (χ3n) is 6.65. The first kappa shape index (κ1) is 26.2. The maximum Gasteiger partial charge on any atom is 0.303 e. The Morgan fingerprint density at radius 3 is 2.67 bits per heavy atom. The standard InChI is InChI=1S/C30H37NO4S/c1-5-7-22-16-23(29-31-27(19-36-29)30(2,3)4)10-13-26(22)35-15-6-14-34-24-11-12-25-20(17-24)8-9-21(25)18-28(32)33/h10-13,16-17,19,21H,5-9,14-15,18H2,1-4H3,(H,32,33)/t21-/m0/s1. The number of ether oxygens (including phenoxy) is 2. The predicted octanol–water partition coefficient (Wildman–Crippen LogP) is 7.41. The fraction of sp³-hybridized carbons (Fsp3) is 0.467. The molecule has 0 saturated carbocycles. The van der Waals surface area contributed by atoms with E-state index in [-0.39, 0.29) is 17.8 Å². The molecule has 0 fully saturated rings. The summed E-state index contributed by atoms with van der Waals surface area (Å²) in [7, 11) is 0. The van der Waals surface area contributed by atoms with Gasteiger partial charge in [-0.2, -0.15) is 0 Å². The molecule has 1 atom stereocenters. The van der Waals surface area contributed by atoms with E-state index in [1.54, 1.807) is 11.3 Å². The van der Waals surface area contributed by atoms with E-state index in [9.17, 15) is 4.79 Å². The van der Waals surface area contributed by atoms with Crippen molar-refractivity contribution in [2.24, 2.45) is 0 Å². The number of aromatic nitrogens is 1. The first-order valence-electron chi connectivity index (χ1n) is 12.9. The molecule has 1 aromatic heterocycles. The van der Waals surface area contributed by atoms with Gasteiger partial charge in [0.05, 0.1) is 25.3 Å². The Labute approximate surface area is 218 Å². The zero-order chi connectivity index (χ0) is 25.7. The van der Waals surface area contributed by atoms with Gasteiger partial charge in [-0.3, -0.25) is 4.79 Å². The Hall–Kier alpha value is -2.86. The summed E-state index contributed by atoms with van der Waals surface area (Å²) in [6.45, 7) is 9.93. The maximum absolute atomic E-state index is 11.1. The molecule has 0 radical (unpaired) electrons. The molecule has 4 rings (SSSR count). The second-order valence-corrected chi connectivity index (χ2v) is 11.5. The van der Waals surface area contributed by atoms with Gasteiger partial charge in [-0.15, -0.1) is 11.3 Å². The van der Waals surface area contributed by atoms with Crippen LogP contribution in [-0.4, -0.2) is 29.3 Å². The van der Waals surface area contributed by atoms with Gasteiger partial charge in [0.2, 0.25) is 0 Å². The van der Waals surface area contributed by atoms with Crippen LogP contribution < -0.4 is 9.47 Å². The van der Waals surface area contributed by atoms with E-state index >= 15 is 0 Å². The smallest absolute Gasteiger partial charge is 0.303 e. The van der Waals surface area contributed by atoms with Gasteiger partial charge in [0, 0.05) is 22.8 Å². The largest absolute Gasteiger partial charge is 0.493 e. The van der Waals surface area contributed by atoms with Crippen molar-refractivity contribution < 1.29 is 19.4 Å². The van der Waals surface area contributed by atoms with Crippen LogP contribution >= 0.6 is 11.3 Å². The van der Waals surface area contributed by atoms with E-state index in [1.165, 1.54) is 11.1 Å². The summed E-state index contributed by atoms with van der Waals surface area (Å²) in [5.74, 6) is 1.18. The number of fused-ring (bicyclic) bond motifs is 1. The lowest BCUT2D eigenvalue weighted by atomic mass is 9.93. The number of carboxylic acid groups (broad SMARTS) is 1. The molecule has 2 aromatic carbocycles. The van der Waals surface area contributed by atoms with Crippen LogP contribution in [0.15, 0.2) is 41.8 Å². The fourth-order valence-electron chi connectivity index (χ4n) is 4.69. The number of benzene rings is 2. The molecule has 3 aromatic rings. The average molecular weight is 508 g/mol. The number of hydrogen-bond acceptors (Lipinski definition) is 5. The molecule has 0 amide bonds. The lowest BCUT2D eigenvalue weighted by Gasteiger charge is -2.15. The summed E-state index contributed by atoms with van der Waals surface area (Å²) in [5, 5.41) is 12.3. The second-order valence-electron chi connectivity index (χ2n) is 10.6. The summed E-state index contributed by atoms with van der Waals surface area (Å²) >= 11 is 1.70. The van der Waals surface area contributed by atoms with Gasteiger partial charge in [-0.1, -0.05) is 40.2 Å². The van der Waals surface area contributed by atoms with Gasteiger partial charge < -0.3 is 14.6 Å². The number of thiazole rings is 1. The number of rotatable bonds is 11. The molecule has 1 aliphatic rings. The molecule has 5 nitrogen and oxygen atoms in total. The highest BCUT2D eigenvalue weighted by Crippen LogP contribution is 2.37. The highest BCUT2D eigenvalue weighted by molar-refractivity contribution is 7.13. The summed E-state index contributed by atoms with van der Waals surface area (Å²) in [6, 6.07) is 12.5. The molecular formula is C30H37NO4S. The van der Waals surface area contributed by atoms with Crippen molar-refractivity contribution in [3.8, 4) is 22.1 Å². The van der Waals surface area contributed by atoms with E-state index in [0.29, 0.717) is 13.2 Å². The topological polar surface area (TPSA) is 68.7 Å². The Bertz CT molecular complexity index is 1190. The molecule has 36 heavy (non-hydrogen) atoms. The monoisotopic (exact) mass is 507 g/mol. The first-order valence-corrected chi connectivity index (χ1v) is 13.8. The van der Waals surface area contributed by atoms with E-state index in [0.717, 1.165) is 65.4 Å². The zero-order valence-corrected chi connectivity index (χ0v) is 22.6. The lowest BCUT2D eigenvalue weighted by molar-refractivity contribution is -0.137. The zero-order valence-electron chi connectivity index (χ0n) is 21.8. The lowest BCUT2D eigenvalue weighted by Crippen LogP contribution is -2.11. The molecule has 0 unspecified atom stereocenters. The number of nitrogens with zero attached hydrogens (tertiary/aromatic N) is 1. The van der Waals surface area contributed by atoms with E-state index < -0.39 is 5.97 Å².